The predicted octanol–water partition coefficient (Wildman–Crippen LogP) is 3.61. The fourth-order valence-electron chi connectivity index (χ4n) is 3.22. The highest BCUT2D eigenvalue weighted by atomic mass is 35.5. The van der Waals surface area contributed by atoms with Gasteiger partial charge in [0.05, 0.1) is 5.69 Å². The molecule has 3 aromatic heterocycles. The molecule has 5 rings (SSSR count). The Bertz CT molecular complexity index is 1070. The maximum absolute atomic E-state index is 6.20. The molecule has 1 aliphatic carbocycles. The Morgan fingerprint density at radius 1 is 0.917 bits per heavy atom. The van der Waals surface area contributed by atoms with E-state index in [-0.39, 0.29) is 0 Å². The van der Waals surface area contributed by atoms with Crippen molar-refractivity contribution in [2.45, 2.75) is 12.8 Å². The third-order valence-electron chi connectivity index (χ3n) is 4.40. The van der Waals surface area contributed by atoms with Crippen LogP contribution in [0.2, 0.25) is 5.02 Å². The monoisotopic (exact) mass is 333 g/mol. The minimum Gasteiger partial charge on any atom is -0.265 e. The molecule has 0 unspecified atom stereocenters. The molecule has 0 saturated carbocycles. The number of rotatable bonds is 1. The van der Waals surface area contributed by atoms with E-state index in [1.807, 2.05) is 24.3 Å². The van der Waals surface area contributed by atoms with Gasteiger partial charge in [0.1, 0.15) is 0 Å². The van der Waals surface area contributed by atoms with E-state index < -0.39 is 0 Å². The van der Waals surface area contributed by atoms with Gasteiger partial charge in [-0.15, -0.1) is 10.2 Å². The molecule has 24 heavy (non-hydrogen) atoms. The van der Waals surface area contributed by atoms with Crippen LogP contribution in [-0.4, -0.2) is 24.8 Å². The number of hydrogen-bond acceptors (Lipinski definition) is 4. The summed E-state index contributed by atoms with van der Waals surface area (Å²) in [6.45, 7) is 0. The van der Waals surface area contributed by atoms with E-state index in [4.69, 9.17) is 16.7 Å². The van der Waals surface area contributed by atoms with Gasteiger partial charge in [-0.05, 0) is 54.3 Å². The largest absolute Gasteiger partial charge is 0.265 e. The summed E-state index contributed by atoms with van der Waals surface area (Å²) in [5, 5.41) is 14.2. The van der Waals surface area contributed by atoms with Crippen molar-refractivity contribution in [3.8, 4) is 22.6 Å². The van der Waals surface area contributed by atoms with E-state index in [0.717, 1.165) is 40.3 Å². The van der Waals surface area contributed by atoms with Crippen molar-refractivity contribution >= 4 is 17.2 Å². The molecular weight excluding hydrogens is 322 g/mol. The number of pyridine rings is 1. The second-order valence-corrected chi connectivity index (χ2v) is 6.29. The minimum atomic E-state index is 0.712. The SMILES string of the molecule is Clc1ccc2c(c1)-c1nn3c(-c4ccncc4)nnc3cc1CC2. The average Bonchev–Trinajstić information content (AvgIpc) is 3.03. The quantitative estimate of drug-likeness (QED) is 0.534. The summed E-state index contributed by atoms with van der Waals surface area (Å²) >= 11 is 6.20. The third-order valence-corrected chi connectivity index (χ3v) is 4.64. The molecule has 0 fully saturated rings. The molecule has 0 aliphatic heterocycles. The molecule has 5 nitrogen and oxygen atoms in total. The van der Waals surface area contributed by atoms with Gasteiger partial charge in [0.2, 0.25) is 0 Å². The van der Waals surface area contributed by atoms with E-state index in [1.54, 1.807) is 16.9 Å². The molecule has 0 N–H and O–H groups in total. The van der Waals surface area contributed by atoms with Gasteiger partial charge in [-0.3, -0.25) is 4.98 Å². The number of benzene rings is 1. The molecule has 0 amide bonds. The first-order chi connectivity index (χ1) is 11.8. The Morgan fingerprint density at radius 2 is 1.75 bits per heavy atom. The molecule has 6 heteroatoms. The van der Waals surface area contributed by atoms with Gasteiger partial charge in [0.25, 0.3) is 0 Å². The molecule has 0 atom stereocenters. The summed E-state index contributed by atoms with van der Waals surface area (Å²) in [5.41, 5.74) is 6.21. The number of aromatic nitrogens is 5. The normalized spacial score (nSPS) is 12.9. The highest BCUT2D eigenvalue weighted by Crippen LogP contribution is 2.34. The zero-order chi connectivity index (χ0) is 16.1. The van der Waals surface area contributed by atoms with E-state index in [0.29, 0.717) is 5.82 Å². The van der Waals surface area contributed by atoms with Crippen molar-refractivity contribution in [1.82, 2.24) is 24.8 Å². The van der Waals surface area contributed by atoms with Crippen LogP contribution in [-0.2, 0) is 12.8 Å². The molecule has 116 valence electrons. The average molecular weight is 334 g/mol. The lowest BCUT2D eigenvalue weighted by atomic mass is 9.89. The Balaban J connectivity index is 1.78. The zero-order valence-corrected chi connectivity index (χ0v) is 13.4. The van der Waals surface area contributed by atoms with E-state index in [9.17, 15) is 0 Å². The lowest BCUT2D eigenvalue weighted by molar-refractivity contribution is 0.871. The molecule has 1 aromatic carbocycles. The second kappa shape index (κ2) is 5.11. The molecule has 4 aromatic rings. The van der Waals surface area contributed by atoms with Gasteiger partial charge in [-0.25, -0.2) is 0 Å². The first kappa shape index (κ1) is 13.6. The van der Waals surface area contributed by atoms with Gasteiger partial charge in [-0.1, -0.05) is 17.7 Å². The van der Waals surface area contributed by atoms with Crippen molar-refractivity contribution in [1.29, 1.82) is 0 Å². The summed E-state index contributed by atoms with van der Waals surface area (Å²) in [4.78, 5) is 4.05. The molecule has 1 aliphatic rings. The first-order valence-electron chi connectivity index (χ1n) is 7.74. The number of hydrogen-bond donors (Lipinski definition) is 0. The van der Waals surface area contributed by atoms with Crippen LogP contribution in [0.15, 0.2) is 48.8 Å². The third kappa shape index (κ3) is 2.02. The maximum atomic E-state index is 6.20. The van der Waals surface area contributed by atoms with Gasteiger partial charge in [-0.2, -0.15) is 9.61 Å². The van der Waals surface area contributed by atoms with Gasteiger partial charge >= 0.3 is 0 Å². The summed E-state index contributed by atoms with van der Waals surface area (Å²) in [6, 6.07) is 11.9. The maximum Gasteiger partial charge on any atom is 0.185 e. The summed E-state index contributed by atoms with van der Waals surface area (Å²) < 4.78 is 1.80. The topological polar surface area (TPSA) is 56.0 Å². The van der Waals surface area contributed by atoms with Crippen LogP contribution in [0.3, 0.4) is 0 Å². The van der Waals surface area contributed by atoms with Crippen molar-refractivity contribution in [2.75, 3.05) is 0 Å². The molecule has 0 radical (unpaired) electrons. The van der Waals surface area contributed by atoms with Gasteiger partial charge < -0.3 is 0 Å². The standard InChI is InChI=1S/C18H12ClN5/c19-14-4-3-11-1-2-13-9-16-21-22-18(12-5-7-20-8-6-12)24(16)23-17(13)15(11)10-14/h3-10H,1-2H2. The number of halogens is 1. The highest BCUT2D eigenvalue weighted by Gasteiger charge is 2.21. The highest BCUT2D eigenvalue weighted by molar-refractivity contribution is 6.30. The Kier molecular flexibility index (Phi) is 2.90. The van der Waals surface area contributed by atoms with Crippen LogP contribution in [0, 0.1) is 0 Å². The van der Waals surface area contributed by atoms with Crippen LogP contribution >= 0.6 is 11.6 Å². The lowest BCUT2D eigenvalue weighted by Gasteiger charge is -2.19. The second-order valence-electron chi connectivity index (χ2n) is 5.85. The van der Waals surface area contributed by atoms with Gasteiger partial charge in [0.15, 0.2) is 11.5 Å². The summed E-state index contributed by atoms with van der Waals surface area (Å²) in [6.07, 6.45) is 5.42. The van der Waals surface area contributed by atoms with E-state index in [2.05, 4.69) is 27.3 Å². The predicted molar refractivity (Wildman–Crippen MR) is 91.9 cm³/mol. The fraction of sp³-hybridized carbons (Fsp3) is 0.111. The van der Waals surface area contributed by atoms with Crippen LogP contribution < -0.4 is 0 Å². The molecule has 0 spiro atoms. The van der Waals surface area contributed by atoms with Gasteiger partial charge in [0, 0.05) is 28.5 Å². The smallest absolute Gasteiger partial charge is 0.185 e. The van der Waals surface area contributed by atoms with Crippen LogP contribution in [0.4, 0.5) is 0 Å². The fourth-order valence-corrected chi connectivity index (χ4v) is 3.40. The number of aryl methyl sites for hydroxylation is 2. The Labute approximate surface area is 143 Å². The Hall–Kier alpha value is -2.79. The van der Waals surface area contributed by atoms with E-state index in [1.165, 1.54) is 11.1 Å². The van der Waals surface area contributed by atoms with Crippen LogP contribution in [0.5, 0.6) is 0 Å². The van der Waals surface area contributed by atoms with Crippen molar-refractivity contribution in [2.24, 2.45) is 0 Å². The van der Waals surface area contributed by atoms with E-state index >= 15 is 0 Å². The molecule has 3 heterocycles. The number of fused-ring (bicyclic) bond motifs is 4. The molecular formula is C18H12ClN5. The molecule has 0 saturated heterocycles. The van der Waals surface area contributed by atoms with Crippen molar-refractivity contribution in [3.05, 3.63) is 64.9 Å². The first-order valence-corrected chi connectivity index (χ1v) is 8.12. The lowest BCUT2D eigenvalue weighted by Crippen LogP contribution is -2.09. The summed E-state index contributed by atoms with van der Waals surface area (Å²) in [5.74, 6) is 0.712. The van der Waals surface area contributed by atoms with Crippen molar-refractivity contribution in [3.63, 3.8) is 0 Å². The zero-order valence-electron chi connectivity index (χ0n) is 12.6. The summed E-state index contributed by atoms with van der Waals surface area (Å²) in [7, 11) is 0. The molecule has 0 bridgehead atoms. The minimum absolute atomic E-state index is 0.712. The van der Waals surface area contributed by atoms with Crippen LogP contribution in [0.1, 0.15) is 11.1 Å². The van der Waals surface area contributed by atoms with Crippen LogP contribution in [0.25, 0.3) is 28.3 Å². The van der Waals surface area contributed by atoms with Crippen molar-refractivity contribution < 1.29 is 0 Å². The Morgan fingerprint density at radius 3 is 2.62 bits per heavy atom. The number of nitrogens with zero attached hydrogens (tertiary/aromatic N) is 5.